The summed E-state index contributed by atoms with van der Waals surface area (Å²) in [7, 11) is 4.05. The van der Waals surface area contributed by atoms with Gasteiger partial charge in [0.2, 0.25) is 0 Å². The average molecular weight is 240 g/mol. The summed E-state index contributed by atoms with van der Waals surface area (Å²) in [4.78, 5) is 18.0. The minimum Gasteiger partial charge on any atom is -0.323 e. The Kier molecular flexibility index (Phi) is 3.89. The number of hydrogen-bond donors (Lipinski definition) is 1. The zero-order valence-corrected chi connectivity index (χ0v) is 11.1. The molecule has 2 fully saturated rings. The van der Waals surface area contributed by atoms with E-state index in [-0.39, 0.29) is 6.03 Å². The summed E-state index contributed by atoms with van der Waals surface area (Å²) in [6.45, 7) is 7.12. The fourth-order valence-electron chi connectivity index (χ4n) is 2.61. The molecule has 2 amide bonds. The zero-order valence-electron chi connectivity index (χ0n) is 11.1. The van der Waals surface area contributed by atoms with Crippen LogP contribution in [0.3, 0.4) is 0 Å². The van der Waals surface area contributed by atoms with Crippen LogP contribution in [0.25, 0.3) is 0 Å². The van der Waals surface area contributed by atoms with Crippen LogP contribution < -0.4 is 5.32 Å². The fraction of sp³-hybridized carbons (Fsp3) is 0.917. The highest BCUT2D eigenvalue weighted by atomic mass is 16.2. The highest BCUT2D eigenvalue weighted by molar-refractivity contribution is 5.76. The molecule has 2 unspecified atom stereocenters. The van der Waals surface area contributed by atoms with Crippen molar-refractivity contribution in [1.29, 1.82) is 0 Å². The topological polar surface area (TPSA) is 38.8 Å². The van der Waals surface area contributed by atoms with Gasteiger partial charge in [-0.15, -0.1) is 0 Å². The number of nitrogens with one attached hydrogen (secondary N) is 1. The van der Waals surface area contributed by atoms with Crippen LogP contribution in [0, 0.1) is 0 Å². The van der Waals surface area contributed by atoms with Gasteiger partial charge in [-0.2, -0.15) is 0 Å². The minimum absolute atomic E-state index is 0.182. The molecule has 2 aliphatic heterocycles. The van der Waals surface area contributed by atoms with Crippen molar-refractivity contribution in [3.8, 4) is 0 Å². The van der Waals surface area contributed by atoms with E-state index in [0.29, 0.717) is 12.1 Å². The van der Waals surface area contributed by atoms with Crippen molar-refractivity contribution in [2.24, 2.45) is 0 Å². The summed E-state index contributed by atoms with van der Waals surface area (Å²) in [5, 5.41) is 3.52. The van der Waals surface area contributed by atoms with Crippen molar-refractivity contribution in [2.45, 2.75) is 25.4 Å². The van der Waals surface area contributed by atoms with Gasteiger partial charge in [-0.3, -0.25) is 0 Å². The maximum absolute atomic E-state index is 11.9. The fourth-order valence-corrected chi connectivity index (χ4v) is 2.61. The van der Waals surface area contributed by atoms with Gasteiger partial charge in [0.1, 0.15) is 0 Å². The maximum Gasteiger partial charge on any atom is 0.320 e. The number of carbonyl (C=O) groups excluding carboxylic acids is 1. The molecule has 1 N–H and O–H groups in total. The first-order chi connectivity index (χ1) is 8.08. The molecule has 5 heteroatoms. The van der Waals surface area contributed by atoms with Crippen LogP contribution in [0.15, 0.2) is 0 Å². The lowest BCUT2D eigenvalue weighted by atomic mass is 10.1. The van der Waals surface area contributed by atoms with Gasteiger partial charge in [0, 0.05) is 51.9 Å². The van der Waals surface area contributed by atoms with Gasteiger partial charge in [0.25, 0.3) is 0 Å². The lowest BCUT2D eigenvalue weighted by Crippen LogP contribution is -2.50. The lowest BCUT2D eigenvalue weighted by Gasteiger charge is -2.31. The predicted octanol–water partition coefficient (Wildman–Crippen LogP) is 0.0360. The molecule has 0 spiro atoms. The predicted molar refractivity (Wildman–Crippen MR) is 68.1 cm³/mol. The van der Waals surface area contributed by atoms with Gasteiger partial charge in [0.05, 0.1) is 0 Å². The monoisotopic (exact) mass is 240 g/mol. The number of carbonyl (C=O) groups is 1. The molecular formula is C12H24N4O. The van der Waals surface area contributed by atoms with E-state index in [1.807, 2.05) is 16.8 Å². The second-order valence-electron chi connectivity index (χ2n) is 5.39. The van der Waals surface area contributed by atoms with Gasteiger partial charge < -0.3 is 20.0 Å². The number of piperazine rings is 1. The van der Waals surface area contributed by atoms with Gasteiger partial charge in [0.15, 0.2) is 0 Å². The van der Waals surface area contributed by atoms with Gasteiger partial charge >= 0.3 is 6.03 Å². The summed E-state index contributed by atoms with van der Waals surface area (Å²) >= 11 is 0. The van der Waals surface area contributed by atoms with Crippen LogP contribution in [-0.2, 0) is 0 Å². The number of amides is 2. The molecule has 0 aromatic heterocycles. The van der Waals surface area contributed by atoms with Crippen LogP contribution in [-0.4, -0.2) is 79.6 Å². The van der Waals surface area contributed by atoms with E-state index in [1.54, 1.807) is 0 Å². The minimum atomic E-state index is 0.182. The van der Waals surface area contributed by atoms with Crippen molar-refractivity contribution in [3.63, 3.8) is 0 Å². The molecule has 2 heterocycles. The standard InChI is InChI=1S/C12H24N4O/c1-10-8-16(12(17)15(10)3)6-4-11-9-14(2)7-5-13-11/h10-11,13H,4-9H2,1-3H3. The van der Waals surface area contributed by atoms with E-state index in [1.165, 1.54) is 0 Å². The molecular weight excluding hydrogens is 216 g/mol. The number of hydrogen-bond acceptors (Lipinski definition) is 3. The molecule has 2 aliphatic rings. The van der Waals surface area contributed by atoms with Crippen LogP contribution in [0.4, 0.5) is 4.79 Å². The van der Waals surface area contributed by atoms with E-state index in [2.05, 4.69) is 24.2 Å². The van der Waals surface area contributed by atoms with E-state index >= 15 is 0 Å². The lowest BCUT2D eigenvalue weighted by molar-refractivity contribution is 0.188. The van der Waals surface area contributed by atoms with Crippen molar-refractivity contribution >= 4 is 6.03 Å². The third-order valence-electron chi connectivity index (χ3n) is 3.92. The molecule has 0 saturated carbocycles. The molecule has 0 aliphatic carbocycles. The molecule has 17 heavy (non-hydrogen) atoms. The Morgan fingerprint density at radius 1 is 1.35 bits per heavy atom. The van der Waals surface area contributed by atoms with E-state index in [9.17, 15) is 4.79 Å². The molecule has 5 nitrogen and oxygen atoms in total. The first-order valence-corrected chi connectivity index (χ1v) is 6.51. The quantitative estimate of drug-likeness (QED) is 0.757. The first-order valence-electron chi connectivity index (χ1n) is 6.51. The molecule has 98 valence electrons. The second kappa shape index (κ2) is 5.23. The molecule has 0 aromatic carbocycles. The summed E-state index contributed by atoms with van der Waals surface area (Å²) in [5.74, 6) is 0. The Labute approximate surface area is 104 Å². The summed E-state index contributed by atoms with van der Waals surface area (Å²) < 4.78 is 0. The summed E-state index contributed by atoms with van der Waals surface area (Å²) in [6.07, 6.45) is 1.05. The summed E-state index contributed by atoms with van der Waals surface area (Å²) in [6, 6.07) is 1.06. The zero-order chi connectivity index (χ0) is 12.4. The third-order valence-corrected chi connectivity index (χ3v) is 3.92. The molecule has 0 radical (unpaired) electrons. The van der Waals surface area contributed by atoms with Crippen LogP contribution in [0.1, 0.15) is 13.3 Å². The highest BCUT2D eigenvalue weighted by Gasteiger charge is 2.31. The van der Waals surface area contributed by atoms with Crippen molar-refractivity contribution in [2.75, 3.05) is 46.8 Å². The van der Waals surface area contributed by atoms with Crippen LogP contribution in [0.5, 0.6) is 0 Å². The van der Waals surface area contributed by atoms with Crippen molar-refractivity contribution in [3.05, 3.63) is 0 Å². The third kappa shape index (κ3) is 2.90. The highest BCUT2D eigenvalue weighted by Crippen LogP contribution is 2.14. The Balaban J connectivity index is 1.77. The molecule has 2 saturated heterocycles. The number of nitrogens with zero attached hydrogens (tertiary/aromatic N) is 3. The van der Waals surface area contributed by atoms with Crippen LogP contribution >= 0.6 is 0 Å². The van der Waals surface area contributed by atoms with Gasteiger partial charge in [-0.25, -0.2) is 4.79 Å². The molecule has 0 aromatic rings. The Morgan fingerprint density at radius 2 is 2.12 bits per heavy atom. The van der Waals surface area contributed by atoms with Crippen molar-refractivity contribution < 1.29 is 4.79 Å². The Morgan fingerprint density at radius 3 is 2.71 bits per heavy atom. The second-order valence-corrected chi connectivity index (χ2v) is 5.39. The Hall–Kier alpha value is -0.810. The number of likely N-dealkylation sites (N-methyl/N-ethyl adjacent to an activating group) is 2. The van der Waals surface area contributed by atoms with Crippen LogP contribution in [0.2, 0.25) is 0 Å². The molecule has 0 bridgehead atoms. The SMILES string of the molecule is CC1CN(CCC2CN(C)CCN2)C(=O)N1C. The van der Waals surface area contributed by atoms with E-state index < -0.39 is 0 Å². The number of urea groups is 1. The normalized spacial score (nSPS) is 31.4. The maximum atomic E-state index is 11.9. The van der Waals surface area contributed by atoms with E-state index in [4.69, 9.17) is 0 Å². The summed E-state index contributed by atoms with van der Waals surface area (Å²) in [5.41, 5.74) is 0. The largest absolute Gasteiger partial charge is 0.323 e. The number of rotatable bonds is 3. The van der Waals surface area contributed by atoms with E-state index in [0.717, 1.165) is 39.1 Å². The first kappa shape index (κ1) is 12.6. The van der Waals surface area contributed by atoms with Gasteiger partial charge in [-0.05, 0) is 20.4 Å². The Bertz CT molecular complexity index is 284. The van der Waals surface area contributed by atoms with Crippen molar-refractivity contribution in [1.82, 2.24) is 20.0 Å². The van der Waals surface area contributed by atoms with Gasteiger partial charge in [-0.1, -0.05) is 0 Å². The smallest absolute Gasteiger partial charge is 0.320 e. The average Bonchev–Trinajstić information content (AvgIpc) is 2.54. The molecule has 2 atom stereocenters. The molecule has 2 rings (SSSR count).